The second kappa shape index (κ2) is 10.2. The number of rotatable bonds is 7. The number of imidazole rings is 1. The Balaban J connectivity index is 1.50. The Morgan fingerprint density at radius 1 is 1.25 bits per heavy atom. The number of amides is 2. The lowest BCUT2D eigenvalue weighted by molar-refractivity contribution is -0.0345. The molecule has 0 saturated carbocycles. The molecule has 1 saturated heterocycles. The van der Waals surface area contributed by atoms with E-state index >= 15 is 0 Å². The van der Waals surface area contributed by atoms with E-state index in [1.54, 1.807) is 6.20 Å². The fourth-order valence-electron chi connectivity index (χ4n) is 4.74. The maximum Gasteiger partial charge on any atom is 0.319 e. The second-order valence-corrected chi connectivity index (χ2v) is 9.45. The first kappa shape index (κ1) is 24.2. The summed E-state index contributed by atoms with van der Waals surface area (Å²) in [5.41, 5.74) is 3.04. The second-order valence-electron chi connectivity index (χ2n) is 9.45. The molecule has 0 aliphatic carbocycles. The third-order valence-electron chi connectivity index (χ3n) is 6.81. The minimum atomic E-state index is -0.540. The van der Waals surface area contributed by atoms with Crippen LogP contribution in [0.25, 0.3) is 11.4 Å². The Hall–Kier alpha value is -3.50. The van der Waals surface area contributed by atoms with Crippen molar-refractivity contribution in [1.82, 2.24) is 24.8 Å². The maximum absolute atomic E-state index is 11.9. The summed E-state index contributed by atoms with van der Waals surface area (Å²) in [6.45, 7) is 10.1. The Labute approximate surface area is 211 Å². The molecule has 2 amide bonds. The SMILES string of the molecule is CCNC(=O)Nc1ccc(-c2nc(N3CCOCC3C)c3c(n2)C(C)(CCn2ccnc2)OC3)cc1. The van der Waals surface area contributed by atoms with Crippen molar-refractivity contribution in [3.63, 3.8) is 0 Å². The number of nitrogens with one attached hydrogen (secondary N) is 2. The van der Waals surface area contributed by atoms with Gasteiger partial charge in [-0.3, -0.25) is 0 Å². The zero-order chi connectivity index (χ0) is 25.1. The highest BCUT2D eigenvalue weighted by Gasteiger charge is 2.41. The summed E-state index contributed by atoms with van der Waals surface area (Å²) in [6.07, 6.45) is 6.33. The molecule has 10 heteroatoms. The Kier molecular flexibility index (Phi) is 6.88. The van der Waals surface area contributed by atoms with Gasteiger partial charge in [0.1, 0.15) is 11.4 Å². The minimum absolute atomic E-state index is 0.201. The number of hydrogen-bond donors (Lipinski definition) is 2. The van der Waals surface area contributed by atoms with E-state index in [0.29, 0.717) is 37.9 Å². The molecule has 2 N–H and O–H groups in total. The first-order valence-corrected chi connectivity index (χ1v) is 12.5. The molecule has 0 radical (unpaired) electrons. The van der Waals surface area contributed by atoms with Crippen LogP contribution >= 0.6 is 0 Å². The van der Waals surface area contributed by atoms with Crippen LogP contribution in [0.15, 0.2) is 43.0 Å². The molecule has 3 aromatic rings. The first-order chi connectivity index (χ1) is 17.5. The van der Waals surface area contributed by atoms with E-state index in [4.69, 9.17) is 19.4 Å². The number of hydrogen-bond acceptors (Lipinski definition) is 7. The molecule has 2 aliphatic rings. The number of carbonyl (C=O) groups is 1. The summed E-state index contributed by atoms with van der Waals surface area (Å²) in [6, 6.07) is 7.59. The van der Waals surface area contributed by atoms with Crippen LogP contribution in [0, 0.1) is 0 Å². The van der Waals surface area contributed by atoms with E-state index < -0.39 is 5.60 Å². The Morgan fingerprint density at radius 3 is 2.81 bits per heavy atom. The van der Waals surface area contributed by atoms with E-state index in [9.17, 15) is 4.79 Å². The molecule has 10 nitrogen and oxygen atoms in total. The summed E-state index contributed by atoms with van der Waals surface area (Å²) in [5.74, 6) is 1.56. The van der Waals surface area contributed by atoms with E-state index in [1.807, 2.05) is 43.7 Å². The summed E-state index contributed by atoms with van der Waals surface area (Å²) in [7, 11) is 0. The van der Waals surface area contributed by atoms with Crippen molar-refractivity contribution in [2.24, 2.45) is 0 Å². The number of nitrogens with zero attached hydrogens (tertiary/aromatic N) is 5. The van der Waals surface area contributed by atoms with Gasteiger partial charge in [0.2, 0.25) is 0 Å². The van der Waals surface area contributed by atoms with Gasteiger partial charge in [-0.05, 0) is 51.5 Å². The van der Waals surface area contributed by atoms with Crippen molar-refractivity contribution < 1.29 is 14.3 Å². The van der Waals surface area contributed by atoms with E-state index in [0.717, 1.165) is 42.1 Å². The number of ether oxygens (including phenoxy) is 2. The number of benzene rings is 1. The molecule has 2 unspecified atom stereocenters. The lowest BCUT2D eigenvalue weighted by Gasteiger charge is -2.35. The van der Waals surface area contributed by atoms with Crippen LogP contribution < -0.4 is 15.5 Å². The predicted molar refractivity (Wildman–Crippen MR) is 137 cm³/mol. The van der Waals surface area contributed by atoms with Crippen LogP contribution in [-0.2, 0) is 28.2 Å². The lowest BCUT2D eigenvalue weighted by Crippen LogP contribution is -2.44. The van der Waals surface area contributed by atoms with Crippen LogP contribution in [0.2, 0.25) is 0 Å². The molecule has 2 aliphatic heterocycles. The van der Waals surface area contributed by atoms with E-state index in [2.05, 4.69) is 38.9 Å². The largest absolute Gasteiger partial charge is 0.377 e. The standard InChI is InChI=1S/C26H33N7O3/c1-4-28-25(34)29-20-7-5-19(6-8-20)23-30-22-21(24(31-23)33-13-14-35-15-18(33)2)16-36-26(22,3)9-11-32-12-10-27-17-32/h5-8,10,12,17-18H,4,9,11,13-16H2,1-3H3,(H2,28,29,34). The lowest BCUT2D eigenvalue weighted by atomic mass is 9.95. The van der Waals surface area contributed by atoms with Gasteiger partial charge < -0.3 is 29.6 Å². The van der Waals surface area contributed by atoms with Gasteiger partial charge in [-0.2, -0.15) is 0 Å². The maximum atomic E-state index is 11.9. The number of anilines is 2. The van der Waals surface area contributed by atoms with Crippen LogP contribution in [0.3, 0.4) is 0 Å². The van der Waals surface area contributed by atoms with Crippen molar-refractivity contribution >= 4 is 17.5 Å². The van der Waals surface area contributed by atoms with Gasteiger partial charge in [0.05, 0.1) is 37.9 Å². The van der Waals surface area contributed by atoms with Crippen LogP contribution in [-0.4, -0.2) is 57.9 Å². The van der Waals surface area contributed by atoms with E-state index in [-0.39, 0.29) is 12.1 Å². The Bertz CT molecular complexity index is 1200. The fraction of sp³-hybridized carbons (Fsp3) is 0.462. The average Bonchev–Trinajstić information content (AvgIpc) is 3.52. The molecule has 0 spiro atoms. The summed E-state index contributed by atoms with van der Waals surface area (Å²) >= 11 is 0. The molecular weight excluding hydrogens is 458 g/mol. The highest BCUT2D eigenvalue weighted by atomic mass is 16.5. The topological polar surface area (TPSA) is 106 Å². The summed E-state index contributed by atoms with van der Waals surface area (Å²) in [5, 5.41) is 5.57. The van der Waals surface area contributed by atoms with Gasteiger partial charge >= 0.3 is 6.03 Å². The average molecular weight is 492 g/mol. The van der Waals surface area contributed by atoms with Crippen LogP contribution in [0.5, 0.6) is 0 Å². The third kappa shape index (κ3) is 4.91. The Morgan fingerprint density at radius 2 is 2.08 bits per heavy atom. The zero-order valence-corrected chi connectivity index (χ0v) is 21.0. The number of urea groups is 1. The number of aryl methyl sites for hydroxylation is 1. The number of morpholine rings is 1. The monoisotopic (exact) mass is 491 g/mol. The molecule has 2 atom stereocenters. The highest BCUT2D eigenvalue weighted by molar-refractivity contribution is 5.89. The highest BCUT2D eigenvalue weighted by Crippen LogP contribution is 2.43. The molecule has 2 aromatic heterocycles. The van der Waals surface area contributed by atoms with E-state index in [1.165, 1.54) is 0 Å². The minimum Gasteiger partial charge on any atom is -0.377 e. The van der Waals surface area contributed by atoms with Crippen LogP contribution in [0.4, 0.5) is 16.3 Å². The van der Waals surface area contributed by atoms with Gasteiger partial charge in [-0.1, -0.05) is 0 Å². The fourth-order valence-corrected chi connectivity index (χ4v) is 4.74. The normalized spacial score (nSPS) is 21.3. The van der Waals surface area contributed by atoms with Crippen molar-refractivity contribution in [1.29, 1.82) is 0 Å². The third-order valence-corrected chi connectivity index (χ3v) is 6.81. The van der Waals surface area contributed by atoms with Gasteiger partial charge in [-0.15, -0.1) is 0 Å². The molecule has 1 aromatic carbocycles. The molecule has 36 heavy (non-hydrogen) atoms. The smallest absolute Gasteiger partial charge is 0.319 e. The van der Waals surface area contributed by atoms with Crippen molar-refractivity contribution in [3.8, 4) is 11.4 Å². The molecule has 1 fully saturated rings. The van der Waals surface area contributed by atoms with Crippen molar-refractivity contribution in [2.75, 3.05) is 36.5 Å². The van der Waals surface area contributed by atoms with Gasteiger partial charge in [0.25, 0.3) is 0 Å². The van der Waals surface area contributed by atoms with Crippen molar-refractivity contribution in [3.05, 3.63) is 54.2 Å². The molecular formula is C26H33N7O3. The number of aromatic nitrogens is 4. The molecule has 190 valence electrons. The van der Waals surface area contributed by atoms with Gasteiger partial charge in [0.15, 0.2) is 5.82 Å². The van der Waals surface area contributed by atoms with Gasteiger partial charge in [-0.25, -0.2) is 19.7 Å². The molecule has 0 bridgehead atoms. The first-order valence-electron chi connectivity index (χ1n) is 12.5. The number of fused-ring (bicyclic) bond motifs is 1. The molecule has 4 heterocycles. The van der Waals surface area contributed by atoms with Gasteiger partial charge in [0, 0.05) is 48.8 Å². The zero-order valence-electron chi connectivity index (χ0n) is 21.0. The van der Waals surface area contributed by atoms with Crippen LogP contribution in [0.1, 0.15) is 38.4 Å². The molecule has 5 rings (SSSR count). The predicted octanol–water partition coefficient (Wildman–Crippen LogP) is 3.54. The van der Waals surface area contributed by atoms with Crippen molar-refractivity contribution in [2.45, 2.75) is 52.0 Å². The number of carbonyl (C=O) groups excluding carboxylic acids is 1. The summed E-state index contributed by atoms with van der Waals surface area (Å²) in [4.78, 5) is 28.5. The summed E-state index contributed by atoms with van der Waals surface area (Å²) < 4.78 is 14.1. The quantitative estimate of drug-likeness (QED) is 0.521.